The largest absolute Gasteiger partial charge is 0.309 e. The lowest BCUT2D eigenvalue weighted by atomic mass is 10.1. The van der Waals surface area contributed by atoms with E-state index in [1.54, 1.807) is 0 Å². The van der Waals surface area contributed by atoms with Crippen LogP contribution in [-0.4, -0.2) is 0 Å². The molecule has 0 aliphatic carbocycles. The first kappa shape index (κ1) is 16.3. The summed E-state index contributed by atoms with van der Waals surface area (Å²) in [6, 6.07) is 31.8. The van der Waals surface area contributed by atoms with Crippen molar-refractivity contribution in [2.75, 3.05) is 0 Å². The van der Waals surface area contributed by atoms with E-state index in [1.165, 1.54) is 0 Å². The van der Waals surface area contributed by atoms with Gasteiger partial charge in [0.25, 0.3) is 0 Å². The molecule has 0 N–H and O–H groups in total. The Morgan fingerprint density at radius 2 is 1.04 bits per heavy atom. The summed E-state index contributed by atoms with van der Waals surface area (Å²) in [4.78, 5) is 0. The monoisotopic (exact) mass is 406 g/mol. The van der Waals surface area contributed by atoms with Gasteiger partial charge < -0.3 is 4.57 Å². The first-order valence-electron chi connectivity index (χ1n) is 8.10. The topological polar surface area (TPSA) is 17.1 Å². The van der Waals surface area contributed by atoms with Crippen molar-refractivity contribution in [1.29, 1.82) is 0 Å². The second-order valence-electron chi connectivity index (χ2n) is 5.93. The number of hydrogen-bond donors (Lipinski definition) is 0. The molecule has 1 nitrogen and oxygen atoms in total. The molecule has 0 radical (unpaired) electrons. The van der Waals surface area contributed by atoms with Crippen molar-refractivity contribution in [3.05, 3.63) is 102 Å². The van der Waals surface area contributed by atoms with Crippen LogP contribution in [0.1, 0.15) is 0 Å². The Hall–Kier alpha value is -2.15. The molecule has 0 aliphatic heterocycles. The molecule has 0 unspecified atom stereocenters. The van der Waals surface area contributed by atoms with Crippen molar-refractivity contribution in [1.82, 2.24) is 0 Å². The van der Waals surface area contributed by atoms with Gasteiger partial charge in [0, 0.05) is 20.4 Å². The number of benzene rings is 4. The summed E-state index contributed by atoms with van der Waals surface area (Å²) < 4.78 is 15.3. The van der Waals surface area contributed by atoms with Crippen molar-refractivity contribution in [2.45, 2.75) is 0 Å². The van der Waals surface area contributed by atoms with Crippen LogP contribution in [0.2, 0.25) is 0 Å². The lowest BCUT2D eigenvalue weighted by Gasteiger charge is -2.21. The van der Waals surface area contributed by atoms with Gasteiger partial charge in [-0.25, -0.2) is 0 Å². The Morgan fingerprint density at radius 1 is 0.600 bits per heavy atom. The highest BCUT2D eigenvalue weighted by Crippen LogP contribution is 2.45. The van der Waals surface area contributed by atoms with Crippen LogP contribution in [0.5, 0.6) is 0 Å². The second kappa shape index (κ2) is 6.63. The predicted molar refractivity (Wildman–Crippen MR) is 111 cm³/mol. The van der Waals surface area contributed by atoms with Crippen molar-refractivity contribution < 1.29 is 4.57 Å². The highest BCUT2D eigenvalue weighted by molar-refractivity contribution is 9.10. The Labute approximate surface area is 155 Å². The fourth-order valence-corrected chi connectivity index (χ4v) is 6.98. The van der Waals surface area contributed by atoms with Crippen molar-refractivity contribution in [3.8, 4) is 0 Å². The lowest BCUT2D eigenvalue weighted by molar-refractivity contribution is 0.592. The second-order valence-corrected chi connectivity index (χ2v) is 9.52. The van der Waals surface area contributed by atoms with Gasteiger partial charge in [-0.3, -0.25) is 0 Å². The highest BCUT2D eigenvalue weighted by atomic mass is 79.9. The van der Waals surface area contributed by atoms with Gasteiger partial charge in [0.2, 0.25) is 0 Å². The third-order valence-corrected chi connectivity index (χ3v) is 8.46. The summed E-state index contributed by atoms with van der Waals surface area (Å²) in [7, 11) is -2.97. The fraction of sp³-hybridized carbons (Fsp3) is 0. The van der Waals surface area contributed by atoms with E-state index >= 15 is 0 Å². The van der Waals surface area contributed by atoms with Gasteiger partial charge in [0.15, 0.2) is 7.14 Å². The minimum Gasteiger partial charge on any atom is -0.309 e. The lowest BCUT2D eigenvalue weighted by Crippen LogP contribution is -2.25. The quantitative estimate of drug-likeness (QED) is 0.425. The molecule has 0 spiro atoms. The number of rotatable bonds is 3. The van der Waals surface area contributed by atoms with E-state index in [9.17, 15) is 4.57 Å². The SMILES string of the molecule is O=P(c1ccccc1)(c1ccccc1)c1cc2ccccc2cc1Br. The molecule has 0 amide bonds. The van der Waals surface area contributed by atoms with E-state index in [2.05, 4.69) is 40.2 Å². The van der Waals surface area contributed by atoms with E-state index in [0.717, 1.165) is 31.2 Å². The van der Waals surface area contributed by atoms with Crippen LogP contribution in [0.15, 0.2) is 102 Å². The zero-order chi connectivity index (χ0) is 17.3. The summed E-state index contributed by atoms with van der Waals surface area (Å²) in [5.41, 5.74) is 0. The van der Waals surface area contributed by atoms with Crippen LogP contribution in [-0.2, 0) is 4.57 Å². The maximum atomic E-state index is 14.5. The van der Waals surface area contributed by atoms with Gasteiger partial charge in [0.05, 0.1) is 0 Å². The molecule has 4 rings (SSSR count). The van der Waals surface area contributed by atoms with E-state index < -0.39 is 7.14 Å². The summed E-state index contributed by atoms with van der Waals surface area (Å²) in [6.07, 6.45) is 0. The van der Waals surface area contributed by atoms with E-state index in [1.807, 2.05) is 72.8 Å². The van der Waals surface area contributed by atoms with Crippen molar-refractivity contribution >= 4 is 49.8 Å². The zero-order valence-corrected chi connectivity index (χ0v) is 16.0. The molecule has 0 saturated carbocycles. The molecule has 0 saturated heterocycles. The minimum atomic E-state index is -2.97. The van der Waals surface area contributed by atoms with Gasteiger partial charge in [-0.2, -0.15) is 0 Å². The average Bonchev–Trinajstić information content (AvgIpc) is 2.68. The van der Waals surface area contributed by atoms with Crippen molar-refractivity contribution in [3.63, 3.8) is 0 Å². The Morgan fingerprint density at radius 3 is 1.56 bits per heavy atom. The molecule has 0 bridgehead atoms. The van der Waals surface area contributed by atoms with E-state index in [0.29, 0.717) is 0 Å². The molecule has 4 aromatic carbocycles. The van der Waals surface area contributed by atoms with Gasteiger partial charge >= 0.3 is 0 Å². The molecule has 0 heterocycles. The third-order valence-electron chi connectivity index (χ3n) is 4.39. The average molecular weight is 407 g/mol. The number of hydrogen-bond acceptors (Lipinski definition) is 1. The number of fused-ring (bicyclic) bond motifs is 1. The number of halogens is 1. The Balaban J connectivity index is 2.06. The standard InChI is InChI=1S/C22H16BrOP/c23-21-15-17-9-7-8-10-18(17)16-22(21)25(24,19-11-3-1-4-12-19)20-13-5-2-6-14-20/h1-16H. The molecule has 4 aromatic rings. The molecular formula is C22H16BrOP. The maximum absolute atomic E-state index is 14.5. The van der Waals surface area contributed by atoms with E-state index in [-0.39, 0.29) is 0 Å². The summed E-state index contributed by atoms with van der Waals surface area (Å²) in [6.45, 7) is 0. The Kier molecular flexibility index (Phi) is 4.33. The van der Waals surface area contributed by atoms with Gasteiger partial charge in [0.1, 0.15) is 0 Å². The van der Waals surface area contributed by atoms with Crippen LogP contribution >= 0.6 is 23.1 Å². The van der Waals surface area contributed by atoms with Crippen LogP contribution in [0.4, 0.5) is 0 Å². The molecule has 0 aromatic heterocycles. The van der Waals surface area contributed by atoms with Gasteiger partial charge in [-0.05, 0) is 38.8 Å². The molecule has 0 aliphatic rings. The third kappa shape index (κ3) is 2.86. The Bertz CT molecular complexity index is 1030. The van der Waals surface area contributed by atoms with Crippen LogP contribution in [0, 0.1) is 0 Å². The molecule has 0 atom stereocenters. The van der Waals surface area contributed by atoms with Gasteiger partial charge in [-0.15, -0.1) is 0 Å². The molecular weight excluding hydrogens is 391 g/mol. The van der Waals surface area contributed by atoms with Crippen LogP contribution in [0.3, 0.4) is 0 Å². The molecule has 0 fully saturated rings. The van der Waals surface area contributed by atoms with Gasteiger partial charge in [-0.1, -0.05) is 84.9 Å². The fourth-order valence-electron chi connectivity index (χ4n) is 3.14. The molecule has 25 heavy (non-hydrogen) atoms. The first-order valence-corrected chi connectivity index (χ1v) is 10.6. The summed E-state index contributed by atoms with van der Waals surface area (Å²) in [5, 5.41) is 4.75. The zero-order valence-electron chi connectivity index (χ0n) is 13.5. The minimum absolute atomic E-state index is 0.837. The molecule has 122 valence electrons. The summed E-state index contributed by atoms with van der Waals surface area (Å²) in [5.74, 6) is 0. The van der Waals surface area contributed by atoms with E-state index in [4.69, 9.17) is 0 Å². The normalized spacial score (nSPS) is 11.6. The highest BCUT2D eigenvalue weighted by Gasteiger charge is 2.31. The van der Waals surface area contributed by atoms with Crippen LogP contribution in [0.25, 0.3) is 10.8 Å². The smallest absolute Gasteiger partial charge is 0.172 e. The maximum Gasteiger partial charge on any atom is 0.172 e. The predicted octanol–water partition coefficient (Wildman–Crippen LogP) is 5.24. The summed E-state index contributed by atoms with van der Waals surface area (Å²) >= 11 is 3.68. The van der Waals surface area contributed by atoms with Crippen molar-refractivity contribution in [2.24, 2.45) is 0 Å². The van der Waals surface area contributed by atoms with Crippen LogP contribution < -0.4 is 15.9 Å². The first-order chi connectivity index (χ1) is 12.2. The molecule has 3 heteroatoms.